The van der Waals surface area contributed by atoms with Crippen molar-refractivity contribution in [1.29, 1.82) is 0 Å². The highest BCUT2D eigenvalue weighted by Gasteiger charge is 2.13. The summed E-state index contributed by atoms with van der Waals surface area (Å²) >= 11 is 0. The van der Waals surface area contributed by atoms with E-state index in [0.717, 1.165) is 16.8 Å². The fourth-order valence-corrected chi connectivity index (χ4v) is 2.41. The molecule has 0 fully saturated rings. The number of carbonyl (C=O) groups is 2. The van der Waals surface area contributed by atoms with Crippen molar-refractivity contribution in [2.24, 2.45) is 5.73 Å². The fraction of sp³-hybridized carbons (Fsp3) is 0.222. The predicted molar refractivity (Wildman–Crippen MR) is 92.9 cm³/mol. The summed E-state index contributed by atoms with van der Waals surface area (Å²) in [6.45, 7) is 6.14. The van der Waals surface area contributed by atoms with Crippen LogP contribution in [0.3, 0.4) is 0 Å². The molecule has 3 amide bonds. The molecule has 5 nitrogen and oxygen atoms in total. The number of benzene rings is 2. The Morgan fingerprint density at radius 1 is 1.04 bits per heavy atom. The van der Waals surface area contributed by atoms with Crippen molar-refractivity contribution in [3.63, 3.8) is 0 Å². The molecule has 5 heteroatoms. The molecule has 0 unspecified atom stereocenters. The number of hydrogen-bond acceptors (Lipinski definition) is 2. The van der Waals surface area contributed by atoms with Crippen LogP contribution in [0.5, 0.6) is 0 Å². The zero-order valence-electron chi connectivity index (χ0n) is 13.5. The number of carbonyl (C=O) groups excluding carboxylic acids is 2. The normalized spacial score (nSPS) is 10.4. The van der Waals surface area contributed by atoms with Gasteiger partial charge in [-0.25, -0.2) is 4.79 Å². The molecule has 0 aromatic heterocycles. The minimum atomic E-state index is -0.663. The van der Waals surface area contributed by atoms with Gasteiger partial charge in [0.05, 0.1) is 0 Å². The average Bonchev–Trinajstić information content (AvgIpc) is 2.48. The van der Waals surface area contributed by atoms with E-state index in [-0.39, 0.29) is 5.91 Å². The highest BCUT2D eigenvalue weighted by molar-refractivity contribution is 6.06. The lowest BCUT2D eigenvalue weighted by Crippen LogP contribution is -2.20. The van der Waals surface area contributed by atoms with Gasteiger partial charge in [-0.15, -0.1) is 0 Å². The Kier molecular flexibility index (Phi) is 5.01. The van der Waals surface area contributed by atoms with E-state index in [4.69, 9.17) is 5.73 Å². The Labute approximate surface area is 135 Å². The number of urea groups is 1. The summed E-state index contributed by atoms with van der Waals surface area (Å²) in [4.78, 5) is 23.4. The van der Waals surface area contributed by atoms with Crippen molar-refractivity contribution in [2.45, 2.75) is 26.7 Å². The quantitative estimate of drug-likeness (QED) is 0.801. The lowest BCUT2D eigenvalue weighted by atomic mass is 9.98. The summed E-state index contributed by atoms with van der Waals surface area (Å²) in [5.74, 6) is 0.0717. The number of hydrogen-bond donors (Lipinski definition) is 3. The second-order valence-electron chi connectivity index (χ2n) is 5.72. The maximum Gasteiger partial charge on any atom is 0.316 e. The monoisotopic (exact) mass is 311 g/mol. The van der Waals surface area contributed by atoms with E-state index in [0.29, 0.717) is 17.2 Å². The van der Waals surface area contributed by atoms with E-state index < -0.39 is 6.03 Å². The number of rotatable bonds is 4. The molecule has 0 spiro atoms. The SMILES string of the molecule is Cc1cccc(C(C)C)c1NC(=O)c1cccc(NC(N)=O)c1. The van der Waals surface area contributed by atoms with Gasteiger partial charge in [0.2, 0.25) is 0 Å². The second-order valence-corrected chi connectivity index (χ2v) is 5.72. The zero-order chi connectivity index (χ0) is 17.0. The Hall–Kier alpha value is -2.82. The molecule has 0 aliphatic heterocycles. The molecule has 0 aliphatic carbocycles. The van der Waals surface area contributed by atoms with Gasteiger partial charge in [-0.1, -0.05) is 38.1 Å². The zero-order valence-corrected chi connectivity index (χ0v) is 13.5. The molecular weight excluding hydrogens is 290 g/mol. The molecule has 0 saturated heterocycles. The number of nitrogens with two attached hydrogens (primary N) is 1. The van der Waals surface area contributed by atoms with Crippen LogP contribution in [0.1, 0.15) is 41.3 Å². The predicted octanol–water partition coefficient (Wildman–Crippen LogP) is 3.86. The van der Waals surface area contributed by atoms with Crippen LogP contribution in [0.2, 0.25) is 0 Å². The number of anilines is 2. The molecule has 23 heavy (non-hydrogen) atoms. The molecule has 2 aromatic rings. The van der Waals surface area contributed by atoms with Crippen molar-refractivity contribution in [3.8, 4) is 0 Å². The van der Waals surface area contributed by atoms with Crippen molar-refractivity contribution in [1.82, 2.24) is 0 Å². The van der Waals surface area contributed by atoms with Crippen LogP contribution in [-0.4, -0.2) is 11.9 Å². The van der Waals surface area contributed by atoms with Crippen molar-refractivity contribution in [2.75, 3.05) is 10.6 Å². The first-order valence-corrected chi connectivity index (χ1v) is 7.46. The van der Waals surface area contributed by atoms with Crippen molar-refractivity contribution >= 4 is 23.3 Å². The number of aryl methyl sites for hydroxylation is 1. The summed E-state index contributed by atoms with van der Waals surface area (Å²) in [7, 11) is 0. The standard InChI is InChI=1S/C18H21N3O2/c1-11(2)15-9-4-6-12(3)16(15)21-17(22)13-7-5-8-14(10-13)20-18(19)23/h4-11H,1-3H3,(H,21,22)(H3,19,20,23). The molecule has 2 rings (SSSR count). The molecule has 4 N–H and O–H groups in total. The molecule has 120 valence electrons. The van der Waals surface area contributed by atoms with Gasteiger partial charge in [0.25, 0.3) is 5.91 Å². The largest absolute Gasteiger partial charge is 0.351 e. The lowest BCUT2D eigenvalue weighted by Gasteiger charge is -2.16. The molecule has 0 aliphatic rings. The number of primary amides is 1. The van der Waals surface area contributed by atoms with E-state index in [1.54, 1.807) is 24.3 Å². The summed E-state index contributed by atoms with van der Waals surface area (Å²) in [6.07, 6.45) is 0. The smallest absolute Gasteiger partial charge is 0.316 e. The van der Waals surface area contributed by atoms with Crippen LogP contribution in [0, 0.1) is 6.92 Å². The van der Waals surface area contributed by atoms with Gasteiger partial charge >= 0.3 is 6.03 Å². The highest BCUT2D eigenvalue weighted by Crippen LogP contribution is 2.28. The molecule has 0 heterocycles. The lowest BCUT2D eigenvalue weighted by molar-refractivity contribution is 0.102. The number of nitrogens with one attached hydrogen (secondary N) is 2. The van der Waals surface area contributed by atoms with E-state index in [1.165, 1.54) is 0 Å². The summed E-state index contributed by atoms with van der Waals surface area (Å²) in [5, 5.41) is 5.44. The Bertz CT molecular complexity index is 739. The second kappa shape index (κ2) is 6.96. The third kappa shape index (κ3) is 4.10. The molecule has 2 aromatic carbocycles. The average molecular weight is 311 g/mol. The van der Waals surface area contributed by atoms with Crippen LogP contribution in [0.4, 0.5) is 16.2 Å². The summed E-state index contributed by atoms with van der Waals surface area (Å²) < 4.78 is 0. The van der Waals surface area contributed by atoms with E-state index in [9.17, 15) is 9.59 Å². The molecule has 0 bridgehead atoms. The molecular formula is C18H21N3O2. The van der Waals surface area contributed by atoms with Gasteiger partial charge < -0.3 is 16.4 Å². The van der Waals surface area contributed by atoms with Crippen LogP contribution in [-0.2, 0) is 0 Å². The van der Waals surface area contributed by atoms with Crippen LogP contribution in [0.15, 0.2) is 42.5 Å². The van der Waals surface area contributed by atoms with Gasteiger partial charge in [0.1, 0.15) is 0 Å². The third-order valence-electron chi connectivity index (χ3n) is 3.56. The Balaban J connectivity index is 2.28. The first kappa shape index (κ1) is 16.5. The van der Waals surface area contributed by atoms with E-state index in [2.05, 4.69) is 24.5 Å². The van der Waals surface area contributed by atoms with E-state index in [1.807, 2.05) is 25.1 Å². The minimum absolute atomic E-state index is 0.227. The van der Waals surface area contributed by atoms with E-state index >= 15 is 0 Å². The third-order valence-corrected chi connectivity index (χ3v) is 3.56. The molecule has 0 saturated carbocycles. The topological polar surface area (TPSA) is 84.2 Å². The van der Waals surface area contributed by atoms with Crippen LogP contribution < -0.4 is 16.4 Å². The minimum Gasteiger partial charge on any atom is -0.351 e. The number of para-hydroxylation sites is 1. The number of amides is 3. The Morgan fingerprint density at radius 3 is 2.39 bits per heavy atom. The van der Waals surface area contributed by atoms with Gasteiger partial charge in [-0.05, 0) is 42.2 Å². The van der Waals surface area contributed by atoms with Gasteiger partial charge in [0.15, 0.2) is 0 Å². The van der Waals surface area contributed by atoms with Crippen molar-refractivity contribution < 1.29 is 9.59 Å². The van der Waals surface area contributed by atoms with Crippen LogP contribution in [0.25, 0.3) is 0 Å². The highest BCUT2D eigenvalue weighted by atomic mass is 16.2. The van der Waals surface area contributed by atoms with Crippen LogP contribution >= 0.6 is 0 Å². The van der Waals surface area contributed by atoms with Gasteiger partial charge in [0, 0.05) is 16.9 Å². The van der Waals surface area contributed by atoms with Gasteiger partial charge in [-0.3, -0.25) is 4.79 Å². The first-order chi connectivity index (χ1) is 10.9. The first-order valence-electron chi connectivity index (χ1n) is 7.46. The maximum atomic E-state index is 12.5. The molecule has 0 atom stereocenters. The molecule has 0 radical (unpaired) electrons. The summed E-state index contributed by atoms with van der Waals surface area (Å²) in [6, 6.07) is 11.9. The fourth-order valence-electron chi connectivity index (χ4n) is 2.41. The Morgan fingerprint density at radius 2 is 1.74 bits per heavy atom. The van der Waals surface area contributed by atoms with Crippen molar-refractivity contribution in [3.05, 3.63) is 59.2 Å². The maximum absolute atomic E-state index is 12.5. The summed E-state index contributed by atoms with van der Waals surface area (Å²) in [5.41, 5.74) is 8.97. The van der Waals surface area contributed by atoms with Gasteiger partial charge in [-0.2, -0.15) is 0 Å².